The summed E-state index contributed by atoms with van der Waals surface area (Å²) in [6, 6.07) is 12.6. The Bertz CT molecular complexity index is 859. The van der Waals surface area contributed by atoms with E-state index in [-0.39, 0.29) is 19.6 Å². The highest BCUT2D eigenvalue weighted by atomic mass is 16.6. The first-order chi connectivity index (χ1) is 15.5. The minimum Gasteiger partial charge on any atom is -0.464 e. The molecular weight excluding hydrogens is 402 g/mol. The van der Waals surface area contributed by atoms with Crippen molar-refractivity contribution in [2.75, 3.05) is 13.2 Å². The van der Waals surface area contributed by atoms with E-state index in [0.29, 0.717) is 6.42 Å². The summed E-state index contributed by atoms with van der Waals surface area (Å²) in [5, 5.41) is 2.37. The van der Waals surface area contributed by atoms with Gasteiger partial charge in [-0.1, -0.05) is 75.4 Å². The van der Waals surface area contributed by atoms with Crippen LogP contribution in [0.15, 0.2) is 36.4 Å². The largest absolute Gasteiger partial charge is 0.464 e. The minimum absolute atomic E-state index is 0.130. The first-order valence-electron chi connectivity index (χ1n) is 12.1. The van der Waals surface area contributed by atoms with Crippen molar-refractivity contribution in [2.45, 2.75) is 84.1 Å². The van der Waals surface area contributed by atoms with E-state index in [4.69, 9.17) is 15.2 Å². The third kappa shape index (κ3) is 6.80. The molecule has 0 saturated carbocycles. The first kappa shape index (κ1) is 25.9. The van der Waals surface area contributed by atoms with Crippen LogP contribution in [-0.2, 0) is 31.9 Å². The van der Waals surface area contributed by atoms with E-state index in [1.54, 1.807) is 13.8 Å². The van der Waals surface area contributed by atoms with Crippen LogP contribution in [0.25, 0.3) is 10.8 Å². The van der Waals surface area contributed by atoms with Gasteiger partial charge in [0.1, 0.15) is 0 Å². The van der Waals surface area contributed by atoms with Crippen molar-refractivity contribution in [3.63, 3.8) is 0 Å². The molecule has 2 rings (SSSR count). The monoisotopic (exact) mass is 441 g/mol. The maximum Gasteiger partial charge on any atom is 0.337 e. The molecule has 0 saturated heterocycles. The number of hydrogen-bond donors (Lipinski definition) is 1. The van der Waals surface area contributed by atoms with Crippen LogP contribution >= 0.6 is 0 Å². The normalized spacial score (nSPS) is 11.5. The zero-order valence-corrected chi connectivity index (χ0v) is 20.0. The van der Waals surface area contributed by atoms with Gasteiger partial charge in [0.25, 0.3) is 0 Å². The quantitative estimate of drug-likeness (QED) is 0.238. The molecule has 2 N–H and O–H groups in total. The fourth-order valence-corrected chi connectivity index (χ4v) is 4.09. The zero-order valence-electron chi connectivity index (χ0n) is 20.0. The molecular formula is C27H39NO4. The summed E-state index contributed by atoms with van der Waals surface area (Å²) < 4.78 is 10.2. The lowest BCUT2D eigenvalue weighted by atomic mass is 9.89. The highest BCUT2D eigenvalue weighted by molar-refractivity contribution is 6.04. The summed E-state index contributed by atoms with van der Waals surface area (Å²) in [7, 11) is 0. The minimum atomic E-state index is -1.80. The number of hydrogen-bond acceptors (Lipinski definition) is 5. The average molecular weight is 442 g/mol. The highest BCUT2D eigenvalue weighted by Gasteiger charge is 2.44. The summed E-state index contributed by atoms with van der Waals surface area (Å²) in [6.07, 6.45) is 9.30. The SMILES string of the molecule is CCCCCCCCc1ccc(CCC(N)(C(=O)OCC)C(=O)OCC)c2ccccc12. The summed E-state index contributed by atoms with van der Waals surface area (Å²) in [6.45, 7) is 5.95. The van der Waals surface area contributed by atoms with Gasteiger partial charge in [-0.05, 0) is 61.4 Å². The standard InChI is InChI=1S/C27H39NO4/c1-4-7-8-9-10-11-14-21-17-18-22(24-16-13-12-15-23(21)24)19-20-27(28,25(29)31-5-2)26(30)32-6-3/h12-13,15-18H,4-11,14,19-20,28H2,1-3H3. The van der Waals surface area contributed by atoms with Crippen LogP contribution in [-0.4, -0.2) is 30.7 Å². The van der Waals surface area contributed by atoms with Gasteiger partial charge in [-0.3, -0.25) is 0 Å². The van der Waals surface area contributed by atoms with Gasteiger partial charge in [0.2, 0.25) is 5.54 Å². The van der Waals surface area contributed by atoms with E-state index in [9.17, 15) is 9.59 Å². The molecule has 176 valence electrons. The molecule has 0 aliphatic carbocycles. The Morgan fingerprint density at radius 2 is 1.25 bits per heavy atom. The van der Waals surface area contributed by atoms with Gasteiger partial charge >= 0.3 is 11.9 Å². The number of fused-ring (bicyclic) bond motifs is 1. The third-order valence-electron chi connectivity index (χ3n) is 5.97. The van der Waals surface area contributed by atoms with Crippen LogP contribution < -0.4 is 5.73 Å². The molecule has 32 heavy (non-hydrogen) atoms. The molecule has 0 aliphatic heterocycles. The fourth-order valence-electron chi connectivity index (χ4n) is 4.09. The Labute approximate surface area is 192 Å². The van der Waals surface area contributed by atoms with E-state index in [2.05, 4.69) is 37.3 Å². The van der Waals surface area contributed by atoms with E-state index in [1.807, 2.05) is 6.07 Å². The number of carbonyl (C=O) groups is 2. The number of nitrogens with two attached hydrogens (primary N) is 1. The van der Waals surface area contributed by atoms with E-state index < -0.39 is 17.5 Å². The van der Waals surface area contributed by atoms with E-state index in [1.165, 1.54) is 49.5 Å². The lowest BCUT2D eigenvalue weighted by Crippen LogP contribution is -2.57. The van der Waals surface area contributed by atoms with Gasteiger partial charge in [-0.25, -0.2) is 9.59 Å². The summed E-state index contributed by atoms with van der Waals surface area (Å²) in [5.74, 6) is -1.47. The number of aryl methyl sites for hydroxylation is 2. The van der Waals surface area contributed by atoms with Crippen molar-refractivity contribution in [3.05, 3.63) is 47.5 Å². The summed E-state index contributed by atoms with van der Waals surface area (Å²) in [4.78, 5) is 25.0. The van der Waals surface area contributed by atoms with Gasteiger partial charge in [0.15, 0.2) is 0 Å². The lowest BCUT2D eigenvalue weighted by Gasteiger charge is -2.25. The number of unbranched alkanes of at least 4 members (excludes halogenated alkanes) is 5. The van der Waals surface area contributed by atoms with E-state index >= 15 is 0 Å². The highest BCUT2D eigenvalue weighted by Crippen LogP contribution is 2.27. The van der Waals surface area contributed by atoms with Crippen molar-refractivity contribution >= 4 is 22.7 Å². The molecule has 0 aliphatic rings. The Kier molecular flexibility index (Phi) is 10.7. The maximum absolute atomic E-state index is 12.5. The number of benzene rings is 2. The fraction of sp³-hybridized carbons (Fsp3) is 0.556. The van der Waals surface area contributed by atoms with Gasteiger partial charge in [-0.2, -0.15) is 0 Å². The molecule has 0 aromatic heterocycles. The van der Waals surface area contributed by atoms with Gasteiger partial charge in [0, 0.05) is 0 Å². The number of esters is 2. The lowest BCUT2D eigenvalue weighted by molar-refractivity contribution is -0.164. The van der Waals surface area contributed by atoms with Gasteiger partial charge in [-0.15, -0.1) is 0 Å². The Hall–Kier alpha value is -2.40. The topological polar surface area (TPSA) is 78.6 Å². The molecule has 0 unspecified atom stereocenters. The molecule has 5 heteroatoms. The Balaban J connectivity index is 2.16. The van der Waals surface area contributed by atoms with Crippen molar-refractivity contribution < 1.29 is 19.1 Å². The predicted octanol–water partition coefficient (Wildman–Crippen LogP) is 5.50. The van der Waals surface area contributed by atoms with Crippen molar-refractivity contribution in [1.29, 1.82) is 0 Å². The van der Waals surface area contributed by atoms with Gasteiger partial charge in [0.05, 0.1) is 13.2 Å². The summed E-state index contributed by atoms with van der Waals surface area (Å²) >= 11 is 0. The molecule has 2 aromatic carbocycles. The van der Waals surface area contributed by atoms with Crippen LogP contribution in [0.4, 0.5) is 0 Å². The average Bonchev–Trinajstić information content (AvgIpc) is 2.80. The Morgan fingerprint density at radius 1 is 0.750 bits per heavy atom. The Morgan fingerprint density at radius 3 is 1.78 bits per heavy atom. The third-order valence-corrected chi connectivity index (χ3v) is 5.97. The molecule has 0 amide bonds. The van der Waals surface area contributed by atoms with Crippen molar-refractivity contribution in [2.24, 2.45) is 5.73 Å². The molecule has 5 nitrogen and oxygen atoms in total. The second kappa shape index (κ2) is 13.2. The molecule has 0 heterocycles. The predicted molar refractivity (Wildman–Crippen MR) is 130 cm³/mol. The molecule has 2 aromatic rings. The number of rotatable bonds is 14. The smallest absolute Gasteiger partial charge is 0.337 e. The van der Waals surface area contributed by atoms with Crippen molar-refractivity contribution in [1.82, 2.24) is 0 Å². The van der Waals surface area contributed by atoms with Crippen LogP contribution in [0, 0.1) is 0 Å². The molecule has 0 fully saturated rings. The number of ether oxygens (including phenoxy) is 2. The number of carbonyl (C=O) groups excluding carboxylic acids is 2. The molecule has 0 spiro atoms. The maximum atomic E-state index is 12.5. The van der Waals surface area contributed by atoms with Crippen LogP contribution in [0.1, 0.15) is 76.8 Å². The van der Waals surface area contributed by atoms with Crippen LogP contribution in [0.5, 0.6) is 0 Å². The van der Waals surface area contributed by atoms with E-state index in [0.717, 1.165) is 17.4 Å². The zero-order chi connectivity index (χ0) is 23.4. The summed E-state index contributed by atoms with van der Waals surface area (Å²) in [5.41, 5.74) is 6.85. The van der Waals surface area contributed by atoms with Crippen LogP contribution in [0.3, 0.4) is 0 Å². The molecule has 0 radical (unpaired) electrons. The van der Waals surface area contributed by atoms with Crippen molar-refractivity contribution in [3.8, 4) is 0 Å². The second-order valence-corrected chi connectivity index (χ2v) is 8.36. The van der Waals surface area contributed by atoms with Crippen LogP contribution in [0.2, 0.25) is 0 Å². The molecule has 0 atom stereocenters. The second-order valence-electron chi connectivity index (χ2n) is 8.36. The molecule has 0 bridgehead atoms. The van der Waals surface area contributed by atoms with Gasteiger partial charge < -0.3 is 15.2 Å². The first-order valence-corrected chi connectivity index (χ1v) is 12.1.